The summed E-state index contributed by atoms with van der Waals surface area (Å²) in [6.45, 7) is 7.57. The van der Waals surface area contributed by atoms with E-state index in [1.807, 2.05) is 18.3 Å². The summed E-state index contributed by atoms with van der Waals surface area (Å²) < 4.78 is 2.73. The molecule has 0 aliphatic carbocycles. The second-order valence-electron chi connectivity index (χ2n) is 4.66. The maximum absolute atomic E-state index is 4.44. The Balaban J connectivity index is 2.12. The molecule has 2 rings (SSSR count). The van der Waals surface area contributed by atoms with Crippen molar-refractivity contribution in [3.8, 4) is 0 Å². The summed E-state index contributed by atoms with van der Waals surface area (Å²) in [6, 6.07) is 3.90. The molecule has 0 spiro atoms. The standard InChI is InChI=1S/C12H17BrN4/c1-8(2)9(3)7-14-12-15-11-10(13)5-4-6-17(11)16-12/h4-6,8-9H,7H2,1-3H3,(H,14,16). The first-order valence-electron chi connectivity index (χ1n) is 5.82. The summed E-state index contributed by atoms with van der Waals surface area (Å²) >= 11 is 3.46. The second-order valence-corrected chi connectivity index (χ2v) is 5.52. The predicted octanol–water partition coefficient (Wildman–Crippen LogP) is 3.20. The summed E-state index contributed by atoms with van der Waals surface area (Å²) in [5.41, 5.74) is 0.840. The first-order valence-corrected chi connectivity index (χ1v) is 6.62. The third-order valence-corrected chi connectivity index (χ3v) is 3.65. The zero-order chi connectivity index (χ0) is 12.4. The molecule has 0 aromatic carbocycles. The van der Waals surface area contributed by atoms with Crippen LogP contribution in [0.1, 0.15) is 20.8 Å². The van der Waals surface area contributed by atoms with E-state index in [2.05, 4.69) is 52.1 Å². The van der Waals surface area contributed by atoms with Crippen LogP contribution in [0.15, 0.2) is 22.8 Å². The average Bonchev–Trinajstić information content (AvgIpc) is 2.70. The van der Waals surface area contributed by atoms with Crippen molar-refractivity contribution in [3.05, 3.63) is 22.8 Å². The first kappa shape index (κ1) is 12.4. The maximum atomic E-state index is 4.44. The molecule has 1 atom stereocenters. The van der Waals surface area contributed by atoms with Gasteiger partial charge in [0.2, 0.25) is 5.95 Å². The topological polar surface area (TPSA) is 42.2 Å². The number of aromatic nitrogens is 3. The molecular formula is C12H17BrN4. The number of nitrogens with zero attached hydrogens (tertiary/aromatic N) is 3. The SMILES string of the molecule is CC(C)C(C)CNc1nc2c(Br)cccn2n1. The lowest BCUT2D eigenvalue weighted by atomic mass is 9.98. The largest absolute Gasteiger partial charge is 0.353 e. The molecule has 1 unspecified atom stereocenters. The van der Waals surface area contributed by atoms with Crippen LogP contribution in [0.25, 0.3) is 5.65 Å². The van der Waals surface area contributed by atoms with Crippen molar-refractivity contribution in [2.45, 2.75) is 20.8 Å². The molecule has 2 heterocycles. The molecular weight excluding hydrogens is 280 g/mol. The van der Waals surface area contributed by atoms with Crippen LogP contribution >= 0.6 is 15.9 Å². The first-order chi connectivity index (χ1) is 8.08. The van der Waals surface area contributed by atoms with E-state index >= 15 is 0 Å². The highest BCUT2D eigenvalue weighted by molar-refractivity contribution is 9.10. The third kappa shape index (κ3) is 2.77. The molecule has 0 aliphatic rings. The van der Waals surface area contributed by atoms with Crippen molar-refractivity contribution in [2.75, 3.05) is 11.9 Å². The minimum atomic E-state index is 0.602. The summed E-state index contributed by atoms with van der Waals surface area (Å²) in [4.78, 5) is 4.44. The number of anilines is 1. The van der Waals surface area contributed by atoms with Gasteiger partial charge in [0.05, 0.1) is 4.47 Å². The number of hydrogen-bond acceptors (Lipinski definition) is 3. The molecule has 2 aromatic rings. The van der Waals surface area contributed by atoms with E-state index in [1.165, 1.54) is 0 Å². The van der Waals surface area contributed by atoms with E-state index in [0.717, 1.165) is 16.7 Å². The lowest BCUT2D eigenvalue weighted by molar-refractivity contribution is 0.439. The van der Waals surface area contributed by atoms with Crippen molar-refractivity contribution >= 4 is 27.5 Å². The quantitative estimate of drug-likeness (QED) is 0.942. The molecule has 0 bridgehead atoms. The van der Waals surface area contributed by atoms with Crippen molar-refractivity contribution in [3.63, 3.8) is 0 Å². The van der Waals surface area contributed by atoms with Gasteiger partial charge in [-0.25, -0.2) is 4.52 Å². The molecule has 0 saturated carbocycles. The number of nitrogens with one attached hydrogen (secondary N) is 1. The van der Waals surface area contributed by atoms with Crippen LogP contribution in [-0.4, -0.2) is 21.1 Å². The number of halogens is 1. The van der Waals surface area contributed by atoms with Crippen LogP contribution in [-0.2, 0) is 0 Å². The highest BCUT2D eigenvalue weighted by Gasteiger charge is 2.09. The van der Waals surface area contributed by atoms with E-state index in [4.69, 9.17) is 0 Å². The number of pyridine rings is 1. The van der Waals surface area contributed by atoms with Crippen LogP contribution < -0.4 is 5.32 Å². The normalized spacial score (nSPS) is 13.2. The Bertz CT molecular complexity index is 506. The third-order valence-electron chi connectivity index (χ3n) is 3.03. The van der Waals surface area contributed by atoms with Gasteiger partial charge in [-0.1, -0.05) is 20.8 Å². The van der Waals surface area contributed by atoms with Crippen LogP contribution in [0.3, 0.4) is 0 Å². The highest BCUT2D eigenvalue weighted by atomic mass is 79.9. The van der Waals surface area contributed by atoms with Gasteiger partial charge in [-0.2, -0.15) is 4.98 Å². The second kappa shape index (κ2) is 5.04. The highest BCUT2D eigenvalue weighted by Crippen LogP contribution is 2.17. The molecule has 0 radical (unpaired) electrons. The summed E-state index contributed by atoms with van der Waals surface area (Å²) in [6.07, 6.45) is 1.89. The minimum Gasteiger partial charge on any atom is -0.353 e. The van der Waals surface area contributed by atoms with E-state index < -0.39 is 0 Å². The monoisotopic (exact) mass is 296 g/mol. The molecule has 0 amide bonds. The minimum absolute atomic E-state index is 0.602. The van der Waals surface area contributed by atoms with Crippen molar-refractivity contribution in [2.24, 2.45) is 11.8 Å². The Hall–Kier alpha value is -1.10. The van der Waals surface area contributed by atoms with Crippen molar-refractivity contribution in [1.29, 1.82) is 0 Å². The molecule has 2 aromatic heterocycles. The van der Waals surface area contributed by atoms with Gasteiger partial charge in [0.1, 0.15) is 0 Å². The number of hydrogen-bond donors (Lipinski definition) is 1. The average molecular weight is 297 g/mol. The Labute approximate surface area is 110 Å². The van der Waals surface area contributed by atoms with Gasteiger partial charge < -0.3 is 5.32 Å². The van der Waals surface area contributed by atoms with Crippen molar-refractivity contribution < 1.29 is 0 Å². The van der Waals surface area contributed by atoms with E-state index in [1.54, 1.807) is 4.52 Å². The Morgan fingerprint density at radius 1 is 1.41 bits per heavy atom. The van der Waals surface area contributed by atoms with E-state index in [-0.39, 0.29) is 0 Å². The van der Waals surface area contributed by atoms with Crippen LogP contribution in [0.2, 0.25) is 0 Å². The lowest BCUT2D eigenvalue weighted by Crippen LogP contribution is -2.16. The smallest absolute Gasteiger partial charge is 0.243 e. The predicted molar refractivity (Wildman–Crippen MR) is 73.2 cm³/mol. The van der Waals surface area contributed by atoms with Gasteiger partial charge in [-0.15, -0.1) is 5.10 Å². The summed E-state index contributed by atoms with van der Waals surface area (Å²) in [5, 5.41) is 7.65. The molecule has 4 nitrogen and oxygen atoms in total. The van der Waals surface area contributed by atoms with Crippen LogP contribution in [0.5, 0.6) is 0 Å². The van der Waals surface area contributed by atoms with E-state index in [0.29, 0.717) is 17.8 Å². The molecule has 0 fully saturated rings. The molecule has 17 heavy (non-hydrogen) atoms. The van der Waals surface area contributed by atoms with Gasteiger partial charge in [0.15, 0.2) is 5.65 Å². The fourth-order valence-corrected chi connectivity index (χ4v) is 1.86. The number of fused-ring (bicyclic) bond motifs is 1. The maximum Gasteiger partial charge on any atom is 0.243 e. The lowest BCUT2D eigenvalue weighted by Gasteiger charge is -2.14. The fraction of sp³-hybridized carbons (Fsp3) is 0.500. The summed E-state index contributed by atoms with van der Waals surface area (Å²) in [7, 11) is 0. The molecule has 92 valence electrons. The van der Waals surface area contributed by atoms with Gasteiger partial charge in [0.25, 0.3) is 0 Å². The molecule has 5 heteroatoms. The Kier molecular flexibility index (Phi) is 3.66. The fourth-order valence-electron chi connectivity index (χ4n) is 1.44. The summed E-state index contributed by atoms with van der Waals surface area (Å²) in [5.74, 6) is 1.95. The molecule has 1 N–H and O–H groups in total. The molecule has 0 aliphatic heterocycles. The van der Waals surface area contributed by atoms with Gasteiger partial charge in [-0.3, -0.25) is 0 Å². The Morgan fingerprint density at radius 2 is 2.18 bits per heavy atom. The van der Waals surface area contributed by atoms with E-state index in [9.17, 15) is 0 Å². The Morgan fingerprint density at radius 3 is 2.82 bits per heavy atom. The van der Waals surface area contributed by atoms with Gasteiger partial charge >= 0.3 is 0 Å². The zero-order valence-electron chi connectivity index (χ0n) is 10.3. The van der Waals surface area contributed by atoms with Gasteiger partial charge in [0, 0.05) is 12.7 Å². The van der Waals surface area contributed by atoms with Crippen LogP contribution in [0, 0.1) is 11.8 Å². The van der Waals surface area contributed by atoms with Crippen molar-refractivity contribution in [1.82, 2.24) is 14.6 Å². The molecule has 0 saturated heterocycles. The number of rotatable bonds is 4. The zero-order valence-corrected chi connectivity index (χ0v) is 11.9. The van der Waals surface area contributed by atoms with Gasteiger partial charge in [-0.05, 0) is 39.9 Å². The van der Waals surface area contributed by atoms with Crippen LogP contribution in [0.4, 0.5) is 5.95 Å².